The molecule has 2 atom stereocenters. The molecule has 130 valence electrons. The van der Waals surface area contributed by atoms with Crippen molar-refractivity contribution in [1.29, 1.82) is 0 Å². The Labute approximate surface area is 146 Å². The number of nitrogens with zero attached hydrogens (tertiary/aromatic N) is 1. The lowest BCUT2D eigenvalue weighted by Gasteiger charge is -2.44. The fourth-order valence-corrected chi connectivity index (χ4v) is 4.32. The number of aliphatic hydroxyl groups is 1. The van der Waals surface area contributed by atoms with Crippen LogP contribution < -0.4 is 0 Å². The summed E-state index contributed by atoms with van der Waals surface area (Å²) < 4.78 is 0. The first-order valence-corrected chi connectivity index (χ1v) is 9.60. The molecule has 1 saturated carbocycles. The highest BCUT2D eigenvalue weighted by atomic mass is 35.5. The van der Waals surface area contributed by atoms with Crippen LogP contribution in [0.2, 0.25) is 5.02 Å². The third kappa shape index (κ3) is 4.29. The summed E-state index contributed by atoms with van der Waals surface area (Å²) in [5, 5.41) is 12.6. The van der Waals surface area contributed by atoms with Crippen LogP contribution >= 0.6 is 11.6 Å². The van der Waals surface area contributed by atoms with Crippen LogP contribution in [0.4, 0.5) is 0 Å². The van der Waals surface area contributed by atoms with Crippen LogP contribution in [0.25, 0.3) is 0 Å². The molecule has 1 fully saturated rings. The van der Waals surface area contributed by atoms with E-state index in [1.165, 1.54) is 19.3 Å². The smallest absolute Gasteiger partial charge is 0.0962 e. The molecular weight excluding hydrogens is 306 g/mol. The van der Waals surface area contributed by atoms with Crippen molar-refractivity contribution >= 4 is 11.6 Å². The van der Waals surface area contributed by atoms with Gasteiger partial charge in [0.2, 0.25) is 0 Å². The second-order valence-corrected chi connectivity index (χ2v) is 7.49. The van der Waals surface area contributed by atoms with Gasteiger partial charge in [-0.3, -0.25) is 0 Å². The monoisotopic (exact) mass is 337 g/mol. The lowest BCUT2D eigenvalue weighted by atomic mass is 9.67. The van der Waals surface area contributed by atoms with E-state index >= 15 is 0 Å². The lowest BCUT2D eigenvalue weighted by Crippen LogP contribution is -2.46. The summed E-state index contributed by atoms with van der Waals surface area (Å²) >= 11 is 6.07. The van der Waals surface area contributed by atoms with E-state index < -0.39 is 5.60 Å². The Morgan fingerprint density at radius 3 is 2.22 bits per heavy atom. The van der Waals surface area contributed by atoms with Gasteiger partial charge in [-0.05, 0) is 49.5 Å². The summed E-state index contributed by atoms with van der Waals surface area (Å²) in [4.78, 5) is 2.41. The molecule has 0 radical (unpaired) electrons. The van der Waals surface area contributed by atoms with Crippen LogP contribution in [-0.4, -0.2) is 29.6 Å². The Kier molecular flexibility index (Phi) is 6.94. The Hall–Kier alpha value is -0.570. The Bertz CT molecular complexity index is 465. The topological polar surface area (TPSA) is 23.5 Å². The second-order valence-electron chi connectivity index (χ2n) is 7.05. The van der Waals surface area contributed by atoms with Gasteiger partial charge in [-0.1, -0.05) is 63.8 Å². The maximum Gasteiger partial charge on any atom is 0.0962 e. The summed E-state index contributed by atoms with van der Waals surface area (Å²) in [6.07, 6.45) is 6.03. The molecule has 1 aromatic carbocycles. The zero-order chi connectivity index (χ0) is 16.9. The van der Waals surface area contributed by atoms with Crippen molar-refractivity contribution in [3.8, 4) is 0 Å². The normalized spacial score (nSPS) is 20.4. The molecule has 0 saturated heterocycles. The molecule has 0 unspecified atom stereocenters. The highest BCUT2D eigenvalue weighted by Gasteiger charge is 2.43. The van der Waals surface area contributed by atoms with Crippen LogP contribution in [-0.2, 0) is 5.60 Å². The molecule has 0 spiro atoms. The first-order chi connectivity index (χ1) is 11.0. The molecule has 2 rings (SSSR count). The van der Waals surface area contributed by atoms with Gasteiger partial charge in [0.05, 0.1) is 5.60 Å². The minimum absolute atomic E-state index is 0.201. The van der Waals surface area contributed by atoms with E-state index in [4.69, 9.17) is 11.6 Å². The largest absolute Gasteiger partial charge is 0.385 e. The highest BCUT2D eigenvalue weighted by molar-refractivity contribution is 6.30. The molecule has 23 heavy (non-hydrogen) atoms. The molecule has 0 amide bonds. The minimum Gasteiger partial charge on any atom is -0.385 e. The second kappa shape index (κ2) is 8.50. The Morgan fingerprint density at radius 1 is 1.13 bits per heavy atom. The van der Waals surface area contributed by atoms with E-state index in [1.807, 2.05) is 24.3 Å². The molecule has 0 aliphatic heterocycles. The summed E-state index contributed by atoms with van der Waals surface area (Å²) in [6.45, 7) is 9.59. The zero-order valence-corrected chi connectivity index (χ0v) is 15.6. The molecule has 3 heteroatoms. The van der Waals surface area contributed by atoms with Crippen molar-refractivity contribution in [1.82, 2.24) is 4.90 Å². The quantitative estimate of drug-likeness (QED) is 0.749. The van der Waals surface area contributed by atoms with Gasteiger partial charge in [0.15, 0.2) is 0 Å². The summed E-state index contributed by atoms with van der Waals surface area (Å²) in [6, 6.07) is 7.87. The summed E-state index contributed by atoms with van der Waals surface area (Å²) in [7, 11) is 0. The lowest BCUT2D eigenvalue weighted by molar-refractivity contribution is -0.0903. The molecule has 1 aromatic rings. The SMILES string of the molecule is CCN(CC)C[C@@H](C)[C@@](O)(c1ccc(Cl)cc1)C1CCCCC1. The maximum atomic E-state index is 11.8. The van der Waals surface area contributed by atoms with Crippen LogP contribution in [0.15, 0.2) is 24.3 Å². The van der Waals surface area contributed by atoms with Gasteiger partial charge in [0, 0.05) is 17.5 Å². The van der Waals surface area contributed by atoms with E-state index in [1.54, 1.807) is 0 Å². The third-order valence-electron chi connectivity index (χ3n) is 5.71. The van der Waals surface area contributed by atoms with Crippen molar-refractivity contribution in [3.05, 3.63) is 34.9 Å². The predicted molar refractivity (Wildman–Crippen MR) is 98.9 cm³/mol. The zero-order valence-electron chi connectivity index (χ0n) is 14.9. The Balaban J connectivity index is 2.31. The fraction of sp³-hybridized carbons (Fsp3) is 0.700. The molecule has 1 N–H and O–H groups in total. The molecule has 0 bridgehead atoms. The van der Waals surface area contributed by atoms with Crippen molar-refractivity contribution in [2.75, 3.05) is 19.6 Å². The van der Waals surface area contributed by atoms with Crippen LogP contribution in [0.5, 0.6) is 0 Å². The average molecular weight is 338 g/mol. The standard InChI is InChI=1S/C20H32ClNO/c1-4-22(5-2)15-16(3)20(23,17-9-7-6-8-10-17)18-11-13-19(21)14-12-18/h11-14,16-17,23H,4-10,15H2,1-3H3/t16-,20+/m1/s1. The van der Waals surface area contributed by atoms with Crippen molar-refractivity contribution in [3.63, 3.8) is 0 Å². The predicted octanol–water partition coefficient (Wildman–Crippen LogP) is 5.09. The first kappa shape index (κ1) is 18.8. The number of hydrogen-bond donors (Lipinski definition) is 1. The number of benzene rings is 1. The fourth-order valence-electron chi connectivity index (χ4n) is 4.19. The van der Waals surface area contributed by atoms with Gasteiger partial charge in [0.25, 0.3) is 0 Å². The van der Waals surface area contributed by atoms with Gasteiger partial charge in [-0.15, -0.1) is 0 Å². The molecule has 1 aliphatic rings. The molecule has 0 aromatic heterocycles. The first-order valence-electron chi connectivity index (χ1n) is 9.23. The molecule has 2 nitrogen and oxygen atoms in total. The van der Waals surface area contributed by atoms with E-state index in [2.05, 4.69) is 25.7 Å². The maximum absolute atomic E-state index is 11.8. The van der Waals surface area contributed by atoms with E-state index in [0.29, 0.717) is 5.92 Å². The molecular formula is C20H32ClNO. The van der Waals surface area contributed by atoms with Gasteiger partial charge < -0.3 is 10.0 Å². The van der Waals surface area contributed by atoms with Crippen LogP contribution in [0.3, 0.4) is 0 Å². The van der Waals surface area contributed by atoms with Gasteiger partial charge in [0.1, 0.15) is 0 Å². The van der Waals surface area contributed by atoms with Gasteiger partial charge in [-0.2, -0.15) is 0 Å². The summed E-state index contributed by atoms with van der Waals surface area (Å²) in [5.41, 5.74) is 0.279. The number of hydrogen-bond acceptors (Lipinski definition) is 2. The molecule has 0 heterocycles. The van der Waals surface area contributed by atoms with Gasteiger partial charge in [-0.25, -0.2) is 0 Å². The summed E-state index contributed by atoms with van der Waals surface area (Å²) in [5.74, 6) is 0.551. The van der Waals surface area contributed by atoms with E-state index in [-0.39, 0.29) is 5.92 Å². The van der Waals surface area contributed by atoms with Crippen molar-refractivity contribution < 1.29 is 5.11 Å². The van der Waals surface area contributed by atoms with E-state index in [0.717, 1.165) is 43.1 Å². The van der Waals surface area contributed by atoms with E-state index in [9.17, 15) is 5.11 Å². The Morgan fingerprint density at radius 2 is 1.70 bits per heavy atom. The molecule has 1 aliphatic carbocycles. The number of rotatable bonds is 7. The van der Waals surface area contributed by atoms with Crippen LogP contribution in [0, 0.1) is 11.8 Å². The third-order valence-corrected chi connectivity index (χ3v) is 5.96. The number of halogens is 1. The van der Waals surface area contributed by atoms with Crippen molar-refractivity contribution in [2.24, 2.45) is 11.8 Å². The average Bonchev–Trinajstić information content (AvgIpc) is 2.60. The van der Waals surface area contributed by atoms with Gasteiger partial charge >= 0.3 is 0 Å². The van der Waals surface area contributed by atoms with Crippen LogP contribution in [0.1, 0.15) is 58.4 Å². The highest BCUT2D eigenvalue weighted by Crippen LogP contribution is 2.44. The minimum atomic E-state index is -0.756. The van der Waals surface area contributed by atoms with Crippen molar-refractivity contribution in [2.45, 2.75) is 58.5 Å².